The van der Waals surface area contributed by atoms with Crippen LogP contribution in [0.15, 0.2) is 34.6 Å². The van der Waals surface area contributed by atoms with Gasteiger partial charge in [0.05, 0.1) is 0 Å². The predicted molar refractivity (Wildman–Crippen MR) is 45.4 cm³/mol. The van der Waals surface area contributed by atoms with Gasteiger partial charge < -0.3 is 0 Å². The van der Waals surface area contributed by atoms with Gasteiger partial charge in [0.2, 0.25) is 0 Å². The first kappa shape index (κ1) is 8.52. The van der Waals surface area contributed by atoms with Crippen LogP contribution in [0.2, 0.25) is 0 Å². The Balaban J connectivity index is 2.70. The summed E-state index contributed by atoms with van der Waals surface area (Å²) in [5.74, 6) is 0. The summed E-state index contributed by atoms with van der Waals surface area (Å²) in [7, 11) is 0. The van der Waals surface area contributed by atoms with Crippen molar-refractivity contribution in [2.75, 3.05) is 0 Å². The van der Waals surface area contributed by atoms with Crippen LogP contribution in [0, 0.1) is 9.81 Å². The van der Waals surface area contributed by atoms with Gasteiger partial charge in [-0.1, -0.05) is 34.6 Å². The molecule has 1 aromatic carbocycles. The Labute approximate surface area is 69.6 Å². The van der Waals surface area contributed by atoms with Crippen LogP contribution in [0.4, 0.5) is 0 Å². The van der Waals surface area contributed by atoms with Crippen LogP contribution >= 0.6 is 0 Å². The highest BCUT2D eigenvalue weighted by Gasteiger charge is 1.93. The van der Waals surface area contributed by atoms with E-state index >= 15 is 0 Å². The highest BCUT2D eigenvalue weighted by Crippen LogP contribution is 2.06. The van der Waals surface area contributed by atoms with Crippen molar-refractivity contribution in [3.8, 4) is 0 Å². The van der Waals surface area contributed by atoms with Gasteiger partial charge in [-0.2, -0.15) is 9.81 Å². The Bertz CT molecular complexity index is 240. The zero-order valence-electron chi connectivity index (χ0n) is 6.43. The average Bonchev–Trinajstić information content (AvgIpc) is 2.09. The second-order valence-electron chi connectivity index (χ2n) is 2.39. The lowest BCUT2D eigenvalue weighted by Gasteiger charge is -1.95. The second kappa shape index (κ2) is 4.33. The van der Waals surface area contributed by atoms with Crippen LogP contribution < -0.4 is 0 Å². The highest BCUT2D eigenvalue weighted by atomic mass is 16.3. The average molecular weight is 164 g/mol. The molecule has 0 radical (unpaired) electrons. The van der Waals surface area contributed by atoms with Crippen molar-refractivity contribution >= 4 is 0 Å². The van der Waals surface area contributed by atoms with E-state index in [1.807, 2.05) is 0 Å². The number of rotatable bonds is 4. The molecule has 0 aliphatic rings. The predicted octanol–water partition coefficient (Wildman–Crippen LogP) is 2.22. The van der Waals surface area contributed by atoms with Gasteiger partial charge in [0.15, 0.2) is 0 Å². The van der Waals surface area contributed by atoms with Crippen LogP contribution in [0.5, 0.6) is 0 Å². The minimum absolute atomic E-state index is 0.175. The third-order valence-electron chi connectivity index (χ3n) is 1.52. The van der Waals surface area contributed by atoms with E-state index in [1.54, 1.807) is 24.3 Å². The first-order valence-corrected chi connectivity index (χ1v) is 3.53. The molecule has 0 amide bonds. The molecule has 0 aromatic heterocycles. The van der Waals surface area contributed by atoms with Gasteiger partial charge in [-0.25, -0.2) is 0 Å². The van der Waals surface area contributed by atoms with E-state index in [0.717, 1.165) is 11.1 Å². The van der Waals surface area contributed by atoms with Crippen molar-refractivity contribution in [3.63, 3.8) is 0 Å². The third-order valence-corrected chi connectivity index (χ3v) is 1.52. The van der Waals surface area contributed by atoms with Gasteiger partial charge in [0.25, 0.3) is 0 Å². The summed E-state index contributed by atoms with van der Waals surface area (Å²) in [4.78, 5) is 19.7. The highest BCUT2D eigenvalue weighted by molar-refractivity contribution is 5.22. The van der Waals surface area contributed by atoms with Crippen molar-refractivity contribution in [1.29, 1.82) is 0 Å². The van der Waals surface area contributed by atoms with Crippen molar-refractivity contribution in [1.82, 2.24) is 0 Å². The van der Waals surface area contributed by atoms with Crippen LogP contribution in [-0.2, 0) is 13.1 Å². The molecule has 0 spiro atoms. The smallest absolute Gasteiger partial charge is 0.106 e. The lowest BCUT2D eigenvalue weighted by Crippen LogP contribution is -1.83. The SMILES string of the molecule is O=NCc1ccc(CN=O)cc1. The fraction of sp³-hybridized carbons (Fsp3) is 0.250. The molecule has 0 aliphatic heterocycles. The summed E-state index contributed by atoms with van der Waals surface area (Å²) in [5, 5.41) is 5.49. The topological polar surface area (TPSA) is 58.9 Å². The molecule has 0 fully saturated rings. The lowest BCUT2D eigenvalue weighted by molar-refractivity contribution is 1.02. The molecule has 62 valence electrons. The fourth-order valence-corrected chi connectivity index (χ4v) is 0.899. The first-order valence-electron chi connectivity index (χ1n) is 3.53. The Morgan fingerprint density at radius 2 is 1.17 bits per heavy atom. The van der Waals surface area contributed by atoms with E-state index in [0.29, 0.717) is 0 Å². The molecule has 12 heavy (non-hydrogen) atoms. The van der Waals surface area contributed by atoms with Gasteiger partial charge in [0, 0.05) is 0 Å². The minimum atomic E-state index is 0.175. The quantitative estimate of drug-likeness (QED) is 0.640. The molecule has 0 heterocycles. The van der Waals surface area contributed by atoms with Crippen molar-refractivity contribution in [2.24, 2.45) is 10.4 Å². The fourth-order valence-electron chi connectivity index (χ4n) is 0.899. The van der Waals surface area contributed by atoms with Gasteiger partial charge in [0.1, 0.15) is 13.1 Å². The molecule has 1 rings (SSSR count). The van der Waals surface area contributed by atoms with E-state index in [9.17, 15) is 9.81 Å². The maximum absolute atomic E-state index is 9.87. The van der Waals surface area contributed by atoms with E-state index < -0.39 is 0 Å². The largest absolute Gasteiger partial charge is 0.150 e. The van der Waals surface area contributed by atoms with Gasteiger partial charge in [-0.15, -0.1) is 0 Å². The molecule has 0 saturated carbocycles. The lowest BCUT2D eigenvalue weighted by atomic mass is 10.1. The molecule has 0 bridgehead atoms. The Kier molecular flexibility index (Phi) is 3.07. The molecule has 4 nitrogen and oxygen atoms in total. The number of nitroso groups, excluding NO2 is 2. The molecule has 4 heteroatoms. The van der Waals surface area contributed by atoms with E-state index in [4.69, 9.17) is 0 Å². The summed E-state index contributed by atoms with van der Waals surface area (Å²) in [6, 6.07) is 7.06. The number of benzene rings is 1. The summed E-state index contributed by atoms with van der Waals surface area (Å²) >= 11 is 0. The second-order valence-corrected chi connectivity index (χ2v) is 2.39. The molecule has 0 N–H and O–H groups in total. The number of hydrogen-bond acceptors (Lipinski definition) is 4. The molecular weight excluding hydrogens is 156 g/mol. The number of nitrogens with zero attached hydrogens (tertiary/aromatic N) is 2. The zero-order valence-corrected chi connectivity index (χ0v) is 6.43. The normalized spacial score (nSPS) is 9.33. The Hall–Kier alpha value is -1.58. The summed E-state index contributed by atoms with van der Waals surface area (Å²) < 4.78 is 0. The van der Waals surface area contributed by atoms with Crippen LogP contribution in [0.1, 0.15) is 11.1 Å². The molecule has 0 atom stereocenters. The van der Waals surface area contributed by atoms with E-state index in [2.05, 4.69) is 10.4 Å². The van der Waals surface area contributed by atoms with Crippen molar-refractivity contribution in [3.05, 3.63) is 45.2 Å². The van der Waals surface area contributed by atoms with Crippen LogP contribution in [-0.4, -0.2) is 0 Å². The van der Waals surface area contributed by atoms with Gasteiger partial charge in [-0.3, -0.25) is 0 Å². The summed E-state index contributed by atoms with van der Waals surface area (Å²) in [6.07, 6.45) is 0. The number of hydrogen-bond donors (Lipinski definition) is 0. The molecular formula is C8H8N2O2. The minimum Gasteiger partial charge on any atom is -0.150 e. The van der Waals surface area contributed by atoms with E-state index in [1.165, 1.54) is 0 Å². The van der Waals surface area contributed by atoms with Crippen LogP contribution in [0.25, 0.3) is 0 Å². The summed E-state index contributed by atoms with van der Waals surface area (Å²) in [6.45, 7) is 0.351. The zero-order chi connectivity index (χ0) is 8.81. The van der Waals surface area contributed by atoms with Crippen LogP contribution in [0.3, 0.4) is 0 Å². The summed E-state index contributed by atoms with van der Waals surface area (Å²) in [5.41, 5.74) is 1.69. The van der Waals surface area contributed by atoms with E-state index in [-0.39, 0.29) is 13.1 Å². The molecule has 1 aromatic rings. The molecule has 0 saturated heterocycles. The standard InChI is InChI=1S/C8H8N2O2/c11-9-5-7-1-2-8(4-3-7)6-10-12/h1-4H,5-6H2. The Morgan fingerprint density at radius 3 is 1.42 bits per heavy atom. The van der Waals surface area contributed by atoms with Gasteiger partial charge >= 0.3 is 0 Å². The van der Waals surface area contributed by atoms with Gasteiger partial charge in [-0.05, 0) is 11.1 Å². The molecule has 0 aliphatic carbocycles. The first-order chi connectivity index (χ1) is 5.86. The maximum atomic E-state index is 9.87. The Morgan fingerprint density at radius 1 is 0.833 bits per heavy atom. The van der Waals surface area contributed by atoms with Crippen molar-refractivity contribution in [2.45, 2.75) is 13.1 Å². The third kappa shape index (κ3) is 2.23. The molecule has 0 unspecified atom stereocenters. The monoisotopic (exact) mass is 164 g/mol. The maximum Gasteiger partial charge on any atom is 0.106 e. The van der Waals surface area contributed by atoms with Crippen molar-refractivity contribution < 1.29 is 0 Å².